The van der Waals surface area contributed by atoms with Crippen LogP contribution in [0, 0.1) is 6.92 Å². The number of aliphatic imine (C=N–C) groups is 1. The van der Waals surface area contributed by atoms with Gasteiger partial charge in [0.25, 0.3) is 0 Å². The third-order valence-electron chi connectivity index (χ3n) is 2.37. The zero-order valence-corrected chi connectivity index (χ0v) is 10.2. The molecule has 0 amide bonds. The summed E-state index contributed by atoms with van der Waals surface area (Å²) in [6.45, 7) is 2.05. The SMILES string of the molecule is Cc1ccc(N=C/C=N/Nc2ccccc2)cc1. The van der Waals surface area contributed by atoms with E-state index < -0.39 is 0 Å². The van der Waals surface area contributed by atoms with Gasteiger partial charge < -0.3 is 0 Å². The van der Waals surface area contributed by atoms with E-state index in [-0.39, 0.29) is 0 Å². The Morgan fingerprint density at radius 1 is 0.889 bits per heavy atom. The second kappa shape index (κ2) is 6.35. The highest BCUT2D eigenvalue weighted by molar-refractivity contribution is 6.16. The number of nitrogens with one attached hydrogen (secondary N) is 1. The van der Waals surface area contributed by atoms with Crippen LogP contribution in [0.3, 0.4) is 0 Å². The Bertz CT molecular complexity index is 527. The third kappa shape index (κ3) is 3.87. The molecule has 0 radical (unpaired) electrons. The Balaban J connectivity index is 1.86. The number of nitrogens with zero attached hydrogens (tertiary/aromatic N) is 2. The molecule has 0 spiro atoms. The second-order valence-electron chi connectivity index (χ2n) is 3.87. The van der Waals surface area contributed by atoms with E-state index in [0.29, 0.717) is 0 Å². The largest absolute Gasteiger partial charge is 0.278 e. The lowest BCUT2D eigenvalue weighted by Crippen LogP contribution is -1.88. The van der Waals surface area contributed by atoms with Crippen LogP contribution in [0.1, 0.15) is 5.56 Å². The molecule has 0 bridgehead atoms. The summed E-state index contributed by atoms with van der Waals surface area (Å²) in [5.74, 6) is 0. The van der Waals surface area contributed by atoms with E-state index in [0.717, 1.165) is 11.4 Å². The number of aryl methyl sites for hydroxylation is 1. The molecule has 0 atom stereocenters. The highest BCUT2D eigenvalue weighted by Crippen LogP contribution is 2.11. The maximum absolute atomic E-state index is 4.26. The molecular formula is C15H15N3. The monoisotopic (exact) mass is 237 g/mol. The van der Waals surface area contributed by atoms with Crippen molar-refractivity contribution >= 4 is 23.8 Å². The Morgan fingerprint density at radius 2 is 1.61 bits per heavy atom. The quantitative estimate of drug-likeness (QED) is 0.637. The van der Waals surface area contributed by atoms with Crippen LogP contribution >= 0.6 is 0 Å². The van der Waals surface area contributed by atoms with Crippen molar-refractivity contribution in [2.24, 2.45) is 10.1 Å². The number of hydrogen-bond donors (Lipinski definition) is 1. The number of para-hydroxylation sites is 1. The highest BCUT2D eigenvalue weighted by Gasteiger charge is 1.86. The van der Waals surface area contributed by atoms with Crippen molar-refractivity contribution in [1.29, 1.82) is 0 Å². The van der Waals surface area contributed by atoms with E-state index >= 15 is 0 Å². The van der Waals surface area contributed by atoms with E-state index in [1.165, 1.54) is 5.56 Å². The van der Waals surface area contributed by atoms with Crippen molar-refractivity contribution in [3.05, 3.63) is 60.2 Å². The van der Waals surface area contributed by atoms with Gasteiger partial charge in [0, 0.05) is 6.21 Å². The normalized spacial score (nSPS) is 11.2. The molecule has 0 unspecified atom stereocenters. The summed E-state index contributed by atoms with van der Waals surface area (Å²) in [5.41, 5.74) is 6.03. The van der Waals surface area contributed by atoms with Crippen molar-refractivity contribution in [2.45, 2.75) is 6.92 Å². The van der Waals surface area contributed by atoms with Gasteiger partial charge in [-0.15, -0.1) is 0 Å². The smallest absolute Gasteiger partial charge is 0.0655 e. The Labute approximate surface area is 107 Å². The fourth-order valence-electron chi connectivity index (χ4n) is 1.41. The van der Waals surface area contributed by atoms with Gasteiger partial charge in [-0.05, 0) is 31.2 Å². The molecule has 2 rings (SSSR count). The van der Waals surface area contributed by atoms with Crippen LogP contribution in [0.25, 0.3) is 0 Å². The highest BCUT2D eigenvalue weighted by atomic mass is 15.3. The molecule has 2 aromatic rings. The van der Waals surface area contributed by atoms with Crippen LogP contribution < -0.4 is 5.43 Å². The van der Waals surface area contributed by atoms with Gasteiger partial charge in [0.05, 0.1) is 17.6 Å². The van der Waals surface area contributed by atoms with Gasteiger partial charge in [-0.25, -0.2) is 0 Å². The van der Waals surface area contributed by atoms with Gasteiger partial charge in [-0.3, -0.25) is 10.4 Å². The molecule has 3 heteroatoms. The maximum Gasteiger partial charge on any atom is 0.0655 e. The Hall–Kier alpha value is -2.42. The summed E-state index contributed by atoms with van der Waals surface area (Å²) in [6, 6.07) is 17.8. The van der Waals surface area contributed by atoms with Crippen LogP contribution in [0.15, 0.2) is 64.7 Å². The summed E-state index contributed by atoms with van der Waals surface area (Å²) in [6.07, 6.45) is 3.30. The minimum Gasteiger partial charge on any atom is -0.278 e. The summed E-state index contributed by atoms with van der Waals surface area (Å²) < 4.78 is 0. The molecule has 18 heavy (non-hydrogen) atoms. The Morgan fingerprint density at radius 3 is 2.33 bits per heavy atom. The first-order valence-electron chi connectivity index (χ1n) is 5.78. The first-order valence-corrected chi connectivity index (χ1v) is 5.78. The molecular weight excluding hydrogens is 222 g/mol. The van der Waals surface area contributed by atoms with Crippen LogP contribution in [0.4, 0.5) is 11.4 Å². The van der Waals surface area contributed by atoms with Crippen molar-refractivity contribution in [3.8, 4) is 0 Å². The van der Waals surface area contributed by atoms with Crippen molar-refractivity contribution in [1.82, 2.24) is 0 Å². The molecule has 2 aromatic carbocycles. The molecule has 0 heterocycles. The first kappa shape index (κ1) is 12.0. The number of hydrazone groups is 1. The summed E-state index contributed by atoms with van der Waals surface area (Å²) in [5, 5.41) is 4.05. The lowest BCUT2D eigenvalue weighted by Gasteiger charge is -1.96. The second-order valence-corrected chi connectivity index (χ2v) is 3.87. The first-order chi connectivity index (χ1) is 8.84. The number of rotatable bonds is 4. The molecule has 0 saturated heterocycles. The topological polar surface area (TPSA) is 36.8 Å². The maximum atomic E-state index is 4.26. The van der Waals surface area contributed by atoms with Gasteiger partial charge in [-0.2, -0.15) is 5.10 Å². The average Bonchev–Trinajstić information content (AvgIpc) is 2.42. The molecule has 0 aliphatic rings. The van der Waals surface area contributed by atoms with Gasteiger partial charge in [0.2, 0.25) is 0 Å². The van der Waals surface area contributed by atoms with Crippen LogP contribution in [0.5, 0.6) is 0 Å². The minimum atomic E-state index is 0.923. The number of anilines is 1. The van der Waals surface area contributed by atoms with E-state index in [1.54, 1.807) is 12.4 Å². The van der Waals surface area contributed by atoms with Crippen molar-refractivity contribution < 1.29 is 0 Å². The van der Waals surface area contributed by atoms with E-state index in [2.05, 4.69) is 22.4 Å². The van der Waals surface area contributed by atoms with E-state index in [4.69, 9.17) is 0 Å². The zero-order valence-electron chi connectivity index (χ0n) is 10.2. The summed E-state index contributed by atoms with van der Waals surface area (Å²) in [7, 11) is 0. The molecule has 3 nitrogen and oxygen atoms in total. The number of benzene rings is 2. The number of hydrogen-bond acceptors (Lipinski definition) is 3. The average molecular weight is 237 g/mol. The van der Waals surface area contributed by atoms with Crippen LogP contribution in [-0.4, -0.2) is 12.4 Å². The summed E-state index contributed by atoms with van der Waals surface area (Å²) in [4.78, 5) is 4.26. The lowest BCUT2D eigenvalue weighted by molar-refractivity contribution is 1.36. The predicted octanol–water partition coefficient (Wildman–Crippen LogP) is 3.80. The van der Waals surface area contributed by atoms with Gasteiger partial charge in [0.1, 0.15) is 0 Å². The Kier molecular flexibility index (Phi) is 4.25. The van der Waals surface area contributed by atoms with Crippen LogP contribution in [0.2, 0.25) is 0 Å². The molecule has 0 fully saturated rings. The van der Waals surface area contributed by atoms with Crippen molar-refractivity contribution in [2.75, 3.05) is 5.43 Å². The fraction of sp³-hybridized carbons (Fsp3) is 0.0667. The van der Waals surface area contributed by atoms with Crippen molar-refractivity contribution in [3.63, 3.8) is 0 Å². The lowest BCUT2D eigenvalue weighted by atomic mass is 10.2. The molecule has 0 aliphatic heterocycles. The predicted molar refractivity (Wildman–Crippen MR) is 77.9 cm³/mol. The zero-order chi connectivity index (χ0) is 12.6. The summed E-state index contributed by atoms with van der Waals surface area (Å²) >= 11 is 0. The fourth-order valence-corrected chi connectivity index (χ4v) is 1.41. The van der Waals surface area contributed by atoms with Gasteiger partial charge >= 0.3 is 0 Å². The molecule has 0 saturated carbocycles. The third-order valence-corrected chi connectivity index (χ3v) is 2.37. The van der Waals surface area contributed by atoms with E-state index in [1.807, 2.05) is 54.6 Å². The minimum absolute atomic E-state index is 0.923. The molecule has 1 N–H and O–H groups in total. The molecule has 90 valence electrons. The standard InChI is InChI=1S/C15H15N3/c1-13-7-9-14(10-8-13)16-11-12-17-18-15-5-3-2-4-6-15/h2-12,18H,1H3/b16-11?,17-12+. The van der Waals surface area contributed by atoms with Gasteiger partial charge in [-0.1, -0.05) is 35.9 Å². The van der Waals surface area contributed by atoms with Gasteiger partial charge in [0.15, 0.2) is 0 Å². The van der Waals surface area contributed by atoms with Crippen LogP contribution in [-0.2, 0) is 0 Å². The van der Waals surface area contributed by atoms with E-state index in [9.17, 15) is 0 Å². The molecule has 0 aromatic heterocycles. The molecule has 0 aliphatic carbocycles.